The summed E-state index contributed by atoms with van der Waals surface area (Å²) in [6.07, 6.45) is -7.87. The van der Waals surface area contributed by atoms with Crippen molar-refractivity contribution in [3.05, 3.63) is 59.4 Å². The number of hydrogen-bond acceptors (Lipinski definition) is 4. The molecule has 1 aromatic heterocycles. The molecule has 0 radical (unpaired) electrons. The predicted octanol–water partition coefficient (Wildman–Crippen LogP) is 5.02. The third kappa shape index (κ3) is 5.31. The number of rotatable bonds is 4. The Morgan fingerprint density at radius 1 is 1.03 bits per heavy atom. The van der Waals surface area contributed by atoms with E-state index in [4.69, 9.17) is 0 Å². The lowest BCUT2D eigenvalue weighted by Gasteiger charge is -2.37. The Morgan fingerprint density at radius 2 is 1.67 bits per heavy atom. The second kappa shape index (κ2) is 8.62. The molecule has 1 aliphatic carbocycles. The first-order chi connectivity index (χ1) is 15.1. The number of pyridine rings is 1. The quantitative estimate of drug-likeness (QED) is 0.606. The molecule has 0 atom stereocenters. The average Bonchev–Trinajstić information content (AvgIpc) is 2.74. The predicted molar refractivity (Wildman–Crippen MR) is 106 cm³/mol. The zero-order valence-corrected chi connectivity index (χ0v) is 18.1. The van der Waals surface area contributed by atoms with Crippen LogP contribution in [0.1, 0.15) is 54.2 Å². The van der Waals surface area contributed by atoms with Crippen molar-refractivity contribution in [1.29, 1.82) is 0 Å². The third-order valence-electron chi connectivity index (χ3n) is 5.82. The molecule has 1 saturated carbocycles. The van der Waals surface area contributed by atoms with E-state index in [9.17, 15) is 39.6 Å². The van der Waals surface area contributed by atoms with E-state index in [2.05, 4.69) is 10.3 Å². The molecule has 1 aromatic carbocycles. The molecular weight excluding hydrogens is 474 g/mol. The molecule has 3 rings (SSSR count). The first-order valence-corrected chi connectivity index (χ1v) is 11.4. The van der Waals surface area contributed by atoms with Gasteiger partial charge in [-0.15, -0.1) is 0 Å². The van der Waals surface area contributed by atoms with Crippen molar-refractivity contribution in [2.24, 2.45) is 0 Å². The summed E-state index contributed by atoms with van der Waals surface area (Å²) in [5.41, 5.74) is -2.27. The fraction of sp³-hybridized carbons (Fsp3) is 0.429. The van der Waals surface area contributed by atoms with E-state index in [1.54, 1.807) is 0 Å². The molecule has 0 saturated heterocycles. The lowest BCUT2D eigenvalue weighted by atomic mass is 9.86. The smallest absolute Gasteiger partial charge is 0.349 e. The van der Waals surface area contributed by atoms with Crippen LogP contribution in [0, 0.1) is 0 Å². The van der Waals surface area contributed by atoms with E-state index in [-0.39, 0.29) is 31.2 Å². The van der Waals surface area contributed by atoms with Crippen LogP contribution in [-0.2, 0) is 22.2 Å². The Kier molecular flexibility index (Phi) is 6.53. The van der Waals surface area contributed by atoms with E-state index in [0.717, 1.165) is 30.5 Å². The van der Waals surface area contributed by atoms with Crippen molar-refractivity contribution in [3.63, 3.8) is 0 Å². The van der Waals surface area contributed by atoms with Crippen LogP contribution in [0.3, 0.4) is 0 Å². The number of halogens is 6. The highest BCUT2D eigenvalue weighted by atomic mass is 32.2. The summed E-state index contributed by atoms with van der Waals surface area (Å²) in [7, 11) is -4.10. The average molecular weight is 494 g/mol. The lowest BCUT2D eigenvalue weighted by molar-refractivity contribution is -0.141. The van der Waals surface area contributed by atoms with Gasteiger partial charge in [0.05, 0.1) is 20.8 Å². The van der Waals surface area contributed by atoms with E-state index in [1.807, 2.05) is 0 Å². The number of aromatic nitrogens is 1. The summed E-state index contributed by atoms with van der Waals surface area (Å²) in [6, 6.07) is 4.83. The van der Waals surface area contributed by atoms with Gasteiger partial charge in [-0.25, -0.2) is 8.42 Å². The maximum absolute atomic E-state index is 13.1. The van der Waals surface area contributed by atoms with Gasteiger partial charge in [-0.3, -0.25) is 9.78 Å². The Balaban J connectivity index is 1.67. The summed E-state index contributed by atoms with van der Waals surface area (Å²) in [4.78, 5) is 15.1. The topological polar surface area (TPSA) is 76.1 Å². The van der Waals surface area contributed by atoms with Crippen molar-refractivity contribution < 1.29 is 39.6 Å². The van der Waals surface area contributed by atoms with Gasteiger partial charge in [0.25, 0.3) is 5.91 Å². The fourth-order valence-electron chi connectivity index (χ4n) is 3.73. The molecule has 12 heteroatoms. The number of amides is 1. The first-order valence-electron chi connectivity index (χ1n) is 9.89. The molecule has 2 aromatic rings. The van der Waals surface area contributed by atoms with Crippen LogP contribution in [0.5, 0.6) is 0 Å². The summed E-state index contributed by atoms with van der Waals surface area (Å²) < 4.78 is 102. The molecule has 5 nitrogen and oxygen atoms in total. The highest BCUT2D eigenvalue weighted by Crippen LogP contribution is 2.40. The lowest BCUT2D eigenvalue weighted by Crippen LogP contribution is -2.45. The molecule has 1 amide bonds. The summed E-state index contributed by atoms with van der Waals surface area (Å²) in [5.74, 6) is -0.648. The van der Waals surface area contributed by atoms with Gasteiger partial charge in [-0.2, -0.15) is 26.3 Å². The van der Waals surface area contributed by atoms with Gasteiger partial charge in [0.1, 0.15) is 5.69 Å². The standard InChI is InChI=1S/C21H20F6N2O3S/c1-19(33(31,32)16-4-2-3-14(11-16)20(22,23)24)9-7-15(8-10-19)29-18(30)13-5-6-17(28-12-13)21(25,26)27/h2-6,11-12,15H,7-10H2,1H3,(H,29,30). The van der Waals surface area contributed by atoms with Gasteiger partial charge < -0.3 is 5.32 Å². The van der Waals surface area contributed by atoms with Crippen molar-refractivity contribution in [1.82, 2.24) is 10.3 Å². The Bertz CT molecular complexity index is 1120. The number of carbonyl (C=O) groups excluding carboxylic acids is 1. The minimum atomic E-state index is -4.68. The molecule has 33 heavy (non-hydrogen) atoms. The number of sulfone groups is 1. The van der Waals surface area contributed by atoms with Crippen LogP contribution in [-0.4, -0.2) is 30.1 Å². The van der Waals surface area contributed by atoms with E-state index in [0.29, 0.717) is 12.1 Å². The van der Waals surface area contributed by atoms with Crippen LogP contribution in [0.15, 0.2) is 47.5 Å². The molecule has 0 aliphatic heterocycles. The van der Waals surface area contributed by atoms with E-state index >= 15 is 0 Å². The summed E-state index contributed by atoms with van der Waals surface area (Å²) >= 11 is 0. The maximum Gasteiger partial charge on any atom is 0.433 e. The number of nitrogens with one attached hydrogen (secondary N) is 1. The monoisotopic (exact) mass is 494 g/mol. The number of benzene rings is 1. The van der Waals surface area contributed by atoms with Crippen molar-refractivity contribution in [3.8, 4) is 0 Å². The van der Waals surface area contributed by atoms with Crippen LogP contribution >= 0.6 is 0 Å². The highest BCUT2D eigenvalue weighted by molar-refractivity contribution is 7.92. The van der Waals surface area contributed by atoms with Crippen LogP contribution in [0.25, 0.3) is 0 Å². The molecule has 0 spiro atoms. The van der Waals surface area contributed by atoms with Gasteiger partial charge >= 0.3 is 12.4 Å². The number of hydrogen-bond donors (Lipinski definition) is 1. The second-order valence-corrected chi connectivity index (χ2v) is 10.6. The summed E-state index contributed by atoms with van der Waals surface area (Å²) in [6.45, 7) is 1.46. The molecule has 1 fully saturated rings. The second-order valence-electron chi connectivity index (χ2n) is 8.16. The van der Waals surface area contributed by atoms with Crippen molar-refractivity contribution >= 4 is 15.7 Å². The minimum Gasteiger partial charge on any atom is -0.349 e. The van der Waals surface area contributed by atoms with Crippen molar-refractivity contribution in [2.45, 2.75) is 60.6 Å². The Hall–Kier alpha value is -2.63. The first kappa shape index (κ1) is 25.0. The highest BCUT2D eigenvalue weighted by Gasteiger charge is 2.44. The number of alkyl halides is 6. The van der Waals surface area contributed by atoms with Crippen LogP contribution in [0.4, 0.5) is 26.3 Å². The van der Waals surface area contributed by atoms with Crippen molar-refractivity contribution in [2.75, 3.05) is 0 Å². The molecule has 180 valence electrons. The molecule has 0 bridgehead atoms. The van der Waals surface area contributed by atoms with E-state index in [1.165, 1.54) is 6.92 Å². The zero-order valence-electron chi connectivity index (χ0n) is 17.3. The van der Waals surface area contributed by atoms with Crippen LogP contribution < -0.4 is 5.32 Å². The molecule has 1 aliphatic rings. The van der Waals surface area contributed by atoms with Gasteiger partial charge in [0.15, 0.2) is 9.84 Å². The normalized spacial score (nSPS) is 22.1. The van der Waals surface area contributed by atoms with E-state index < -0.39 is 55.0 Å². The molecule has 0 unspecified atom stereocenters. The van der Waals surface area contributed by atoms with Gasteiger partial charge in [0.2, 0.25) is 0 Å². The molecule has 1 N–H and O–H groups in total. The third-order valence-corrected chi connectivity index (χ3v) is 8.40. The van der Waals surface area contributed by atoms with Gasteiger partial charge in [-0.05, 0) is 62.9 Å². The molecule has 1 heterocycles. The largest absolute Gasteiger partial charge is 0.433 e. The maximum atomic E-state index is 13.1. The Labute approximate surface area is 186 Å². The number of carbonyl (C=O) groups is 1. The van der Waals surface area contributed by atoms with Gasteiger partial charge in [-0.1, -0.05) is 6.07 Å². The zero-order chi connectivity index (χ0) is 24.7. The summed E-state index contributed by atoms with van der Waals surface area (Å²) in [5, 5.41) is 2.65. The van der Waals surface area contributed by atoms with Crippen LogP contribution in [0.2, 0.25) is 0 Å². The minimum absolute atomic E-state index is 0.0760. The SMILES string of the molecule is CC1(S(=O)(=O)c2cccc(C(F)(F)F)c2)CCC(NC(=O)c2ccc(C(F)(F)F)nc2)CC1. The number of nitrogens with zero attached hydrogens (tertiary/aromatic N) is 1. The fourth-order valence-corrected chi connectivity index (χ4v) is 5.61. The Morgan fingerprint density at radius 3 is 2.18 bits per heavy atom. The van der Waals surface area contributed by atoms with Gasteiger partial charge in [0, 0.05) is 12.2 Å². The molecular formula is C21H20F6N2O3S.